The molecule has 0 aromatic heterocycles. The summed E-state index contributed by atoms with van der Waals surface area (Å²) in [5, 5.41) is 0. The molecule has 0 unspecified atom stereocenters. The van der Waals surface area contributed by atoms with Gasteiger partial charge in [-0.1, -0.05) is 31.5 Å². The Balaban J connectivity index is 2.57. The third-order valence-corrected chi connectivity index (χ3v) is 4.57. The van der Waals surface area contributed by atoms with Crippen LogP contribution in [0.2, 0.25) is 0 Å². The number of fused-ring (bicyclic) bond motifs is 1. The summed E-state index contributed by atoms with van der Waals surface area (Å²) in [6.07, 6.45) is 3.38. The fraction of sp³-hybridized carbons (Fsp3) is 0.471. The standard InChI is InChI=1S/C17H22INO/c1-5-6-11-14(18)15-12-9-7-8-10-13(12)16(20)19(15)17(2,3)4/h7-10H,5-6,11H2,1-4H3/b15-14+. The van der Waals surface area contributed by atoms with E-state index < -0.39 is 0 Å². The van der Waals surface area contributed by atoms with E-state index in [1.165, 1.54) is 10.0 Å². The minimum absolute atomic E-state index is 0.133. The van der Waals surface area contributed by atoms with Crippen LogP contribution < -0.4 is 0 Å². The zero-order valence-electron chi connectivity index (χ0n) is 12.7. The first kappa shape index (κ1) is 15.5. The lowest BCUT2D eigenvalue weighted by Gasteiger charge is -2.34. The van der Waals surface area contributed by atoms with E-state index in [1.807, 2.05) is 23.1 Å². The highest BCUT2D eigenvalue weighted by Crippen LogP contribution is 2.42. The molecule has 2 rings (SSSR count). The highest BCUT2D eigenvalue weighted by molar-refractivity contribution is 14.1. The molecule has 0 atom stereocenters. The first-order valence-corrected chi connectivity index (χ1v) is 8.28. The van der Waals surface area contributed by atoms with Crippen molar-refractivity contribution in [3.63, 3.8) is 0 Å². The third kappa shape index (κ3) is 2.78. The van der Waals surface area contributed by atoms with Crippen molar-refractivity contribution in [3.05, 3.63) is 39.0 Å². The van der Waals surface area contributed by atoms with Gasteiger partial charge in [-0.25, -0.2) is 0 Å². The summed E-state index contributed by atoms with van der Waals surface area (Å²) in [5.74, 6) is 0.133. The summed E-state index contributed by atoms with van der Waals surface area (Å²) in [5.41, 5.74) is 2.84. The average Bonchev–Trinajstić information content (AvgIpc) is 2.70. The molecule has 20 heavy (non-hydrogen) atoms. The van der Waals surface area contributed by atoms with Crippen LogP contribution in [0.5, 0.6) is 0 Å². The van der Waals surface area contributed by atoms with Gasteiger partial charge < -0.3 is 4.90 Å². The van der Waals surface area contributed by atoms with Gasteiger partial charge in [0.1, 0.15) is 0 Å². The van der Waals surface area contributed by atoms with Crippen molar-refractivity contribution < 1.29 is 4.79 Å². The van der Waals surface area contributed by atoms with E-state index in [1.54, 1.807) is 0 Å². The summed E-state index contributed by atoms with van der Waals surface area (Å²) < 4.78 is 1.29. The lowest BCUT2D eigenvalue weighted by Crippen LogP contribution is -2.41. The molecule has 1 heterocycles. The first-order valence-electron chi connectivity index (χ1n) is 7.20. The Labute approximate surface area is 135 Å². The maximum atomic E-state index is 12.7. The Morgan fingerprint density at radius 1 is 1.20 bits per heavy atom. The summed E-state index contributed by atoms with van der Waals surface area (Å²) in [4.78, 5) is 14.7. The van der Waals surface area contributed by atoms with Gasteiger partial charge in [-0.2, -0.15) is 0 Å². The van der Waals surface area contributed by atoms with Crippen LogP contribution in [0, 0.1) is 0 Å². The van der Waals surface area contributed by atoms with Gasteiger partial charge in [-0.05, 0) is 62.3 Å². The molecule has 3 heteroatoms. The Bertz CT molecular complexity index is 554. The van der Waals surface area contributed by atoms with Crippen molar-refractivity contribution in [1.29, 1.82) is 0 Å². The average molecular weight is 383 g/mol. The third-order valence-electron chi connectivity index (χ3n) is 3.52. The largest absolute Gasteiger partial charge is 0.302 e. The van der Waals surface area contributed by atoms with E-state index in [0.29, 0.717) is 0 Å². The van der Waals surface area contributed by atoms with E-state index in [-0.39, 0.29) is 11.4 Å². The van der Waals surface area contributed by atoms with Crippen LogP contribution in [0.1, 0.15) is 62.9 Å². The lowest BCUT2D eigenvalue weighted by molar-refractivity contribution is 0.0748. The van der Waals surface area contributed by atoms with Gasteiger partial charge in [-0.3, -0.25) is 4.79 Å². The van der Waals surface area contributed by atoms with Gasteiger partial charge in [0.05, 0.1) is 5.70 Å². The van der Waals surface area contributed by atoms with E-state index >= 15 is 0 Å². The fourth-order valence-electron chi connectivity index (χ4n) is 2.58. The molecule has 1 amide bonds. The lowest BCUT2D eigenvalue weighted by atomic mass is 10.0. The topological polar surface area (TPSA) is 20.3 Å². The first-order chi connectivity index (χ1) is 9.38. The fourth-order valence-corrected chi connectivity index (χ4v) is 3.49. The number of benzene rings is 1. The normalized spacial score (nSPS) is 17.4. The highest BCUT2D eigenvalue weighted by Gasteiger charge is 2.39. The maximum absolute atomic E-state index is 12.7. The minimum atomic E-state index is -0.200. The summed E-state index contributed by atoms with van der Waals surface area (Å²) in [6.45, 7) is 8.49. The van der Waals surface area contributed by atoms with Gasteiger partial charge in [0.15, 0.2) is 0 Å². The van der Waals surface area contributed by atoms with E-state index in [4.69, 9.17) is 0 Å². The van der Waals surface area contributed by atoms with E-state index in [9.17, 15) is 4.79 Å². The number of halogens is 1. The summed E-state index contributed by atoms with van der Waals surface area (Å²) in [6, 6.07) is 7.97. The molecule has 1 aliphatic rings. The molecular formula is C17H22INO. The number of nitrogens with zero attached hydrogens (tertiary/aromatic N) is 1. The molecule has 2 nitrogen and oxygen atoms in total. The van der Waals surface area contributed by atoms with Gasteiger partial charge in [0, 0.05) is 20.2 Å². The molecule has 0 saturated carbocycles. The number of hydrogen-bond donors (Lipinski definition) is 0. The van der Waals surface area contributed by atoms with E-state index in [0.717, 1.165) is 29.7 Å². The zero-order chi connectivity index (χ0) is 14.9. The summed E-state index contributed by atoms with van der Waals surface area (Å²) >= 11 is 2.41. The van der Waals surface area contributed by atoms with Crippen molar-refractivity contribution in [2.45, 2.75) is 52.5 Å². The summed E-state index contributed by atoms with van der Waals surface area (Å²) in [7, 11) is 0. The molecule has 108 valence electrons. The van der Waals surface area contributed by atoms with Crippen molar-refractivity contribution in [2.75, 3.05) is 0 Å². The Kier molecular flexibility index (Phi) is 4.57. The van der Waals surface area contributed by atoms with Gasteiger partial charge in [0.2, 0.25) is 0 Å². The monoisotopic (exact) mass is 383 g/mol. The van der Waals surface area contributed by atoms with Gasteiger partial charge in [-0.15, -0.1) is 0 Å². The Morgan fingerprint density at radius 2 is 1.80 bits per heavy atom. The number of allylic oxidation sites excluding steroid dienone is 1. The van der Waals surface area contributed by atoms with Crippen LogP contribution in [0.25, 0.3) is 5.70 Å². The smallest absolute Gasteiger partial charge is 0.259 e. The molecule has 1 aromatic rings. The van der Waals surface area contributed by atoms with Crippen LogP contribution in [0.4, 0.5) is 0 Å². The zero-order valence-corrected chi connectivity index (χ0v) is 14.8. The predicted octanol–water partition coefficient (Wildman–Crippen LogP) is 5.23. The molecule has 0 spiro atoms. The Morgan fingerprint density at radius 3 is 2.35 bits per heavy atom. The quantitative estimate of drug-likeness (QED) is 0.654. The van der Waals surface area contributed by atoms with Crippen molar-refractivity contribution in [2.24, 2.45) is 0 Å². The van der Waals surface area contributed by atoms with Crippen molar-refractivity contribution in [1.82, 2.24) is 4.90 Å². The molecule has 1 aliphatic heterocycles. The van der Waals surface area contributed by atoms with Crippen LogP contribution in [0.3, 0.4) is 0 Å². The minimum Gasteiger partial charge on any atom is -0.302 e. The number of hydrogen-bond acceptors (Lipinski definition) is 1. The Hall–Kier alpha value is -0.840. The van der Waals surface area contributed by atoms with Crippen molar-refractivity contribution >= 4 is 34.2 Å². The number of carbonyl (C=O) groups excluding carboxylic acids is 1. The molecule has 0 aliphatic carbocycles. The predicted molar refractivity (Wildman–Crippen MR) is 92.8 cm³/mol. The van der Waals surface area contributed by atoms with Crippen LogP contribution in [-0.4, -0.2) is 16.3 Å². The highest BCUT2D eigenvalue weighted by atomic mass is 127. The molecule has 0 N–H and O–H groups in total. The van der Waals surface area contributed by atoms with Gasteiger partial charge in [0.25, 0.3) is 5.91 Å². The van der Waals surface area contributed by atoms with E-state index in [2.05, 4.69) is 56.4 Å². The second kappa shape index (κ2) is 5.88. The number of unbranched alkanes of at least 4 members (excludes halogenated alkanes) is 1. The second-order valence-corrected chi connectivity index (χ2v) is 7.52. The molecule has 0 saturated heterocycles. The van der Waals surface area contributed by atoms with Crippen molar-refractivity contribution in [3.8, 4) is 0 Å². The molecular weight excluding hydrogens is 361 g/mol. The maximum Gasteiger partial charge on any atom is 0.259 e. The number of rotatable bonds is 3. The molecule has 0 fully saturated rings. The SMILES string of the molecule is CCCC/C(I)=C1/c2ccccc2C(=O)N1C(C)(C)C. The second-order valence-electron chi connectivity index (χ2n) is 6.21. The molecule has 0 radical (unpaired) electrons. The molecule has 0 bridgehead atoms. The van der Waals surface area contributed by atoms with Gasteiger partial charge >= 0.3 is 0 Å². The number of carbonyl (C=O) groups is 1. The van der Waals surface area contributed by atoms with Crippen LogP contribution >= 0.6 is 22.6 Å². The van der Waals surface area contributed by atoms with Crippen LogP contribution in [0.15, 0.2) is 27.8 Å². The molecule has 1 aromatic carbocycles. The number of amides is 1. The van der Waals surface area contributed by atoms with Crippen LogP contribution in [-0.2, 0) is 0 Å².